The first kappa shape index (κ1) is 9.22. The van der Waals surface area contributed by atoms with Crippen LogP contribution in [0.4, 0.5) is 5.69 Å². The lowest BCUT2D eigenvalue weighted by Gasteiger charge is -2.07. The zero-order valence-electron chi connectivity index (χ0n) is 7.02. The first-order valence-corrected chi connectivity index (χ1v) is 4.28. The highest BCUT2D eigenvalue weighted by Crippen LogP contribution is 2.22. The molecule has 12 heavy (non-hydrogen) atoms. The van der Waals surface area contributed by atoms with Gasteiger partial charge < -0.3 is 0 Å². The van der Waals surface area contributed by atoms with Gasteiger partial charge in [0.05, 0.1) is 0 Å². The molecule has 0 radical (unpaired) electrons. The molecule has 1 aromatic carbocycles. The molecule has 0 aromatic heterocycles. The van der Waals surface area contributed by atoms with Crippen molar-refractivity contribution in [1.29, 1.82) is 0 Å². The van der Waals surface area contributed by atoms with Gasteiger partial charge in [0.2, 0.25) is 0 Å². The van der Waals surface area contributed by atoms with E-state index in [1.165, 1.54) is 0 Å². The average Bonchev–Trinajstić information content (AvgIpc) is 2.05. The highest BCUT2D eigenvalue weighted by molar-refractivity contribution is 7.97. The van der Waals surface area contributed by atoms with Crippen molar-refractivity contribution in [2.45, 2.75) is 4.90 Å². The Morgan fingerprint density at radius 2 is 1.83 bits per heavy atom. The van der Waals surface area contributed by atoms with Crippen LogP contribution < -0.4 is 0 Å². The van der Waals surface area contributed by atoms with Crippen molar-refractivity contribution < 1.29 is 0 Å². The molecule has 0 saturated carbocycles. The minimum absolute atomic E-state index is 0.470. The Kier molecular flexibility index (Phi) is 3.25. The Morgan fingerprint density at radius 3 is 2.25 bits per heavy atom. The summed E-state index contributed by atoms with van der Waals surface area (Å²) in [6.45, 7) is 0. The van der Waals surface area contributed by atoms with Crippen molar-refractivity contribution in [2.24, 2.45) is 5.18 Å². The fourth-order valence-corrected chi connectivity index (χ4v) is 1.46. The molecular weight excluding hydrogens is 172 g/mol. The van der Waals surface area contributed by atoms with Gasteiger partial charge in [0.25, 0.3) is 0 Å². The van der Waals surface area contributed by atoms with E-state index < -0.39 is 0 Å². The molecule has 1 rings (SSSR count). The summed E-state index contributed by atoms with van der Waals surface area (Å²) in [6, 6.07) is 7.17. The summed E-state index contributed by atoms with van der Waals surface area (Å²) in [5.74, 6) is 0. The molecule has 0 N–H and O–H groups in total. The van der Waals surface area contributed by atoms with E-state index in [2.05, 4.69) is 5.18 Å². The zero-order valence-corrected chi connectivity index (χ0v) is 7.84. The molecule has 0 aliphatic heterocycles. The van der Waals surface area contributed by atoms with Crippen LogP contribution in [0.1, 0.15) is 0 Å². The van der Waals surface area contributed by atoms with Crippen LogP contribution in [-0.4, -0.2) is 18.4 Å². The fraction of sp³-hybridized carbons (Fsp3) is 0.250. The summed E-state index contributed by atoms with van der Waals surface area (Å²) >= 11 is 1.61. The number of hydrogen-bond donors (Lipinski definition) is 0. The Bertz CT molecular complexity index is 258. The molecule has 0 aliphatic rings. The largest absolute Gasteiger partial charge is 0.253 e. The van der Waals surface area contributed by atoms with Gasteiger partial charge in [-0.3, -0.25) is 4.31 Å². The molecule has 0 amide bonds. The first-order valence-electron chi connectivity index (χ1n) is 3.51. The molecule has 0 spiro atoms. The van der Waals surface area contributed by atoms with E-state index >= 15 is 0 Å². The maximum Gasteiger partial charge on any atom is 0.108 e. The minimum Gasteiger partial charge on any atom is -0.253 e. The summed E-state index contributed by atoms with van der Waals surface area (Å²) < 4.78 is 1.99. The standard InChI is InChI=1S/C8H10N2OS/c1-10(2)12-8-5-3-7(9-11)4-6-8/h3-6H,1-2H3. The third-order valence-electron chi connectivity index (χ3n) is 1.23. The van der Waals surface area contributed by atoms with E-state index in [0.717, 1.165) is 4.90 Å². The molecule has 0 fully saturated rings. The van der Waals surface area contributed by atoms with E-state index in [1.54, 1.807) is 24.1 Å². The molecular formula is C8H10N2OS. The van der Waals surface area contributed by atoms with Crippen LogP contribution in [0.3, 0.4) is 0 Å². The highest BCUT2D eigenvalue weighted by Gasteiger charge is 1.96. The molecule has 3 nitrogen and oxygen atoms in total. The van der Waals surface area contributed by atoms with Crippen LogP contribution in [-0.2, 0) is 0 Å². The average molecular weight is 182 g/mol. The molecule has 64 valence electrons. The molecule has 1 aromatic rings. The van der Waals surface area contributed by atoms with Crippen LogP contribution >= 0.6 is 11.9 Å². The van der Waals surface area contributed by atoms with E-state index in [4.69, 9.17) is 0 Å². The van der Waals surface area contributed by atoms with Gasteiger partial charge in [-0.1, -0.05) is 0 Å². The molecule has 0 aliphatic carbocycles. The zero-order chi connectivity index (χ0) is 8.97. The van der Waals surface area contributed by atoms with Crippen LogP contribution in [0.5, 0.6) is 0 Å². The maximum absolute atomic E-state index is 10.1. The van der Waals surface area contributed by atoms with Crippen LogP contribution in [0, 0.1) is 4.91 Å². The lowest BCUT2D eigenvalue weighted by atomic mass is 10.3. The van der Waals surface area contributed by atoms with Crippen molar-refractivity contribution in [3.05, 3.63) is 29.2 Å². The van der Waals surface area contributed by atoms with E-state index in [0.29, 0.717) is 5.69 Å². The molecule has 0 bridgehead atoms. The molecule has 0 unspecified atom stereocenters. The number of hydrogen-bond acceptors (Lipinski definition) is 4. The van der Waals surface area contributed by atoms with Gasteiger partial charge in [0.1, 0.15) is 5.69 Å². The van der Waals surface area contributed by atoms with Crippen molar-refractivity contribution in [2.75, 3.05) is 14.1 Å². The van der Waals surface area contributed by atoms with E-state index in [9.17, 15) is 4.91 Å². The van der Waals surface area contributed by atoms with E-state index in [1.807, 2.05) is 30.5 Å². The summed E-state index contributed by atoms with van der Waals surface area (Å²) in [5, 5.41) is 2.82. The highest BCUT2D eigenvalue weighted by atomic mass is 32.2. The lowest BCUT2D eigenvalue weighted by molar-refractivity contribution is 0.702. The maximum atomic E-state index is 10.1. The Hall–Kier alpha value is -0.870. The third kappa shape index (κ3) is 2.64. The summed E-state index contributed by atoms with van der Waals surface area (Å²) in [5.41, 5.74) is 0.470. The minimum atomic E-state index is 0.470. The van der Waals surface area contributed by atoms with Gasteiger partial charge in [0, 0.05) is 4.90 Å². The van der Waals surface area contributed by atoms with Gasteiger partial charge in [-0.15, -0.1) is 4.91 Å². The van der Waals surface area contributed by atoms with Gasteiger partial charge in [-0.25, -0.2) is 0 Å². The van der Waals surface area contributed by atoms with Gasteiger partial charge >= 0.3 is 0 Å². The summed E-state index contributed by atoms with van der Waals surface area (Å²) in [7, 11) is 3.94. The number of benzene rings is 1. The lowest BCUT2D eigenvalue weighted by Crippen LogP contribution is -1.97. The van der Waals surface area contributed by atoms with Crippen molar-refractivity contribution in [3.63, 3.8) is 0 Å². The Morgan fingerprint density at radius 1 is 1.25 bits per heavy atom. The first-order chi connectivity index (χ1) is 5.72. The second kappa shape index (κ2) is 4.23. The Labute approximate surface area is 75.9 Å². The van der Waals surface area contributed by atoms with Crippen LogP contribution in [0.25, 0.3) is 0 Å². The number of nitrogens with zero attached hydrogens (tertiary/aromatic N) is 2. The summed E-state index contributed by atoms with van der Waals surface area (Å²) in [4.78, 5) is 11.2. The van der Waals surface area contributed by atoms with Gasteiger partial charge in [-0.05, 0) is 55.5 Å². The smallest absolute Gasteiger partial charge is 0.108 e. The normalized spacial score (nSPS) is 10.2. The Balaban J connectivity index is 2.71. The molecule has 4 heteroatoms. The molecule has 0 saturated heterocycles. The summed E-state index contributed by atoms with van der Waals surface area (Å²) in [6.07, 6.45) is 0. The van der Waals surface area contributed by atoms with Gasteiger partial charge in [0.15, 0.2) is 0 Å². The SMILES string of the molecule is CN(C)Sc1ccc(N=O)cc1. The van der Waals surface area contributed by atoms with Crippen molar-refractivity contribution >= 4 is 17.6 Å². The topological polar surface area (TPSA) is 32.7 Å². The van der Waals surface area contributed by atoms with Gasteiger partial charge in [-0.2, -0.15) is 0 Å². The second-order valence-corrected chi connectivity index (χ2v) is 3.87. The quantitative estimate of drug-likeness (QED) is 0.532. The predicted octanol–water partition coefficient (Wildman–Crippen LogP) is 2.65. The number of nitroso groups, excluding NO2 is 1. The predicted molar refractivity (Wildman–Crippen MR) is 51.4 cm³/mol. The third-order valence-corrected chi connectivity index (χ3v) is 2.08. The van der Waals surface area contributed by atoms with Crippen LogP contribution in [0.2, 0.25) is 0 Å². The van der Waals surface area contributed by atoms with Crippen LogP contribution in [0.15, 0.2) is 34.3 Å². The van der Waals surface area contributed by atoms with E-state index in [-0.39, 0.29) is 0 Å². The van der Waals surface area contributed by atoms with Crippen molar-refractivity contribution in [1.82, 2.24) is 4.31 Å². The monoisotopic (exact) mass is 182 g/mol. The number of rotatable bonds is 3. The second-order valence-electron chi connectivity index (χ2n) is 2.49. The molecule has 0 atom stereocenters. The molecule has 0 heterocycles. The van der Waals surface area contributed by atoms with Crippen molar-refractivity contribution in [3.8, 4) is 0 Å². The fourth-order valence-electron chi connectivity index (χ4n) is 0.779.